The number of para-hydroxylation sites is 1. The van der Waals surface area contributed by atoms with E-state index in [4.69, 9.17) is 21.7 Å². The molecule has 2 aromatic rings. The molecule has 0 aliphatic carbocycles. The number of rotatable bonds is 8. The van der Waals surface area contributed by atoms with Crippen molar-refractivity contribution in [2.75, 3.05) is 13.2 Å². The molecule has 0 fully saturated rings. The van der Waals surface area contributed by atoms with Gasteiger partial charge in [0.05, 0.1) is 12.2 Å². The number of nitrogens with one attached hydrogen (secondary N) is 3. The highest BCUT2D eigenvalue weighted by molar-refractivity contribution is 7.80. The number of thiocarbonyl (C=S) groups is 1. The van der Waals surface area contributed by atoms with Gasteiger partial charge in [-0.3, -0.25) is 25.8 Å². The van der Waals surface area contributed by atoms with Crippen LogP contribution in [0.3, 0.4) is 0 Å². The molecule has 0 unspecified atom stereocenters. The highest BCUT2D eigenvalue weighted by Crippen LogP contribution is 2.18. The summed E-state index contributed by atoms with van der Waals surface area (Å²) in [5.41, 5.74) is 6.32. The van der Waals surface area contributed by atoms with Crippen LogP contribution in [0.5, 0.6) is 11.5 Å². The van der Waals surface area contributed by atoms with Crippen molar-refractivity contribution in [3.8, 4) is 11.5 Å². The lowest BCUT2D eigenvalue weighted by Gasteiger charge is -2.13. The maximum atomic E-state index is 12.4. The van der Waals surface area contributed by atoms with Gasteiger partial charge in [-0.05, 0) is 49.8 Å². The molecule has 0 saturated carbocycles. The van der Waals surface area contributed by atoms with Crippen molar-refractivity contribution >= 4 is 29.1 Å². The number of hydrogen-bond acceptors (Lipinski definition) is 5. The predicted molar refractivity (Wildman–Crippen MR) is 115 cm³/mol. The van der Waals surface area contributed by atoms with Crippen molar-refractivity contribution in [2.45, 2.75) is 26.7 Å². The first-order valence-electron chi connectivity index (χ1n) is 9.31. The van der Waals surface area contributed by atoms with Gasteiger partial charge in [-0.15, -0.1) is 0 Å². The molecule has 8 heteroatoms. The molecule has 0 radical (unpaired) electrons. The number of amides is 2. The third-order valence-corrected chi connectivity index (χ3v) is 4.02. The Balaban J connectivity index is 1.77. The van der Waals surface area contributed by atoms with Crippen LogP contribution in [0.4, 0.5) is 0 Å². The van der Waals surface area contributed by atoms with E-state index in [-0.39, 0.29) is 11.7 Å². The van der Waals surface area contributed by atoms with Crippen molar-refractivity contribution in [1.82, 2.24) is 16.2 Å². The Morgan fingerprint density at radius 1 is 1.00 bits per heavy atom. The van der Waals surface area contributed by atoms with Crippen LogP contribution in [0.25, 0.3) is 0 Å². The topological polar surface area (TPSA) is 88.7 Å². The highest BCUT2D eigenvalue weighted by Gasteiger charge is 2.14. The van der Waals surface area contributed by atoms with Crippen LogP contribution in [-0.4, -0.2) is 30.1 Å². The molecular weight excluding hydrogens is 390 g/mol. The number of carbonyl (C=O) groups excluding carboxylic acids is 2. The highest BCUT2D eigenvalue weighted by atomic mass is 32.1. The molecule has 0 aromatic heterocycles. The minimum absolute atomic E-state index is 0.0398. The van der Waals surface area contributed by atoms with E-state index in [0.29, 0.717) is 23.7 Å². The van der Waals surface area contributed by atoms with Gasteiger partial charge >= 0.3 is 0 Å². The molecule has 2 aromatic carbocycles. The summed E-state index contributed by atoms with van der Waals surface area (Å²) in [6.07, 6.45) is 1.89. The molecule has 3 N–H and O–H groups in total. The number of carbonyl (C=O) groups is 2. The maximum absolute atomic E-state index is 12.4. The number of unbranched alkanes of at least 4 members (excludes halogenated alkanes) is 1. The summed E-state index contributed by atoms with van der Waals surface area (Å²) in [7, 11) is 0. The van der Waals surface area contributed by atoms with Crippen LogP contribution < -0.4 is 25.6 Å². The van der Waals surface area contributed by atoms with Crippen LogP contribution in [-0.2, 0) is 4.79 Å². The number of hydrogen-bond donors (Lipinski definition) is 3. The van der Waals surface area contributed by atoms with Crippen molar-refractivity contribution in [1.29, 1.82) is 0 Å². The molecule has 0 aliphatic rings. The van der Waals surface area contributed by atoms with Crippen LogP contribution >= 0.6 is 12.2 Å². The summed E-state index contributed by atoms with van der Waals surface area (Å²) in [6.45, 7) is 4.36. The van der Waals surface area contributed by atoms with E-state index in [1.54, 1.807) is 36.4 Å². The van der Waals surface area contributed by atoms with Crippen molar-refractivity contribution in [2.24, 2.45) is 0 Å². The SMILES string of the molecule is CCCCOc1ccccc1C(=O)NC(=S)NNC(=O)COc1ccc(C)cc1. The molecule has 29 heavy (non-hydrogen) atoms. The van der Waals surface area contributed by atoms with E-state index in [1.807, 2.05) is 19.1 Å². The molecule has 7 nitrogen and oxygen atoms in total. The fourth-order valence-electron chi connectivity index (χ4n) is 2.25. The first kappa shape index (κ1) is 22.2. The monoisotopic (exact) mass is 415 g/mol. The number of hydrazine groups is 1. The van der Waals surface area contributed by atoms with E-state index < -0.39 is 11.8 Å². The summed E-state index contributed by atoms with van der Waals surface area (Å²) in [4.78, 5) is 24.3. The first-order valence-corrected chi connectivity index (χ1v) is 9.72. The van der Waals surface area contributed by atoms with Crippen LogP contribution in [0.1, 0.15) is 35.7 Å². The number of benzene rings is 2. The van der Waals surface area contributed by atoms with Gasteiger partial charge in [0.1, 0.15) is 11.5 Å². The van der Waals surface area contributed by atoms with Crippen LogP contribution in [0, 0.1) is 6.92 Å². The largest absolute Gasteiger partial charge is 0.493 e. The van der Waals surface area contributed by atoms with Crippen LogP contribution in [0.2, 0.25) is 0 Å². The molecule has 0 bridgehead atoms. The summed E-state index contributed by atoms with van der Waals surface area (Å²) >= 11 is 5.05. The Bertz CT molecular complexity index is 840. The van der Waals surface area contributed by atoms with Gasteiger partial charge in [0, 0.05) is 0 Å². The van der Waals surface area contributed by atoms with Gasteiger partial charge in [0.15, 0.2) is 11.7 Å². The average Bonchev–Trinajstić information content (AvgIpc) is 2.72. The van der Waals surface area contributed by atoms with E-state index in [9.17, 15) is 9.59 Å². The molecule has 0 heterocycles. The molecular formula is C21H25N3O4S. The lowest BCUT2D eigenvalue weighted by atomic mass is 10.2. The van der Waals surface area contributed by atoms with E-state index >= 15 is 0 Å². The van der Waals surface area contributed by atoms with Gasteiger partial charge in [-0.25, -0.2) is 0 Å². The fourth-order valence-corrected chi connectivity index (χ4v) is 2.40. The maximum Gasteiger partial charge on any atom is 0.276 e. The Labute approximate surface area is 175 Å². The van der Waals surface area contributed by atoms with Gasteiger partial charge in [-0.1, -0.05) is 43.2 Å². The molecule has 0 saturated heterocycles. The van der Waals surface area contributed by atoms with Gasteiger partial charge in [0.2, 0.25) is 0 Å². The zero-order valence-corrected chi connectivity index (χ0v) is 17.3. The lowest BCUT2D eigenvalue weighted by molar-refractivity contribution is -0.123. The van der Waals surface area contributed by atoms with E-state index in [1.165, 1.54) is 0 Å². The van der Waals surface area contributed by atoms with Crippen molar-refractivity contribution < 1.29 is 19.1 Å². The Morgan fingerprint density at radius 2 is 1.72 bits per heavy atom. The molecule has 0 spiro atoms. The van der Waals surface area contributed by atoms with Gasteiger partial charge in [0.25, 0.3) is 11.8 Å². The predicted octanol–water partition coefficient (Wildman–Crippen LogP) is 2.89. The fraction of sp³-hybridized carbons (Fsp3) is 0.286. The second-order valence-electron chi connectivity index (χ2n) is 6.26. The summed E-state index contributed by atoms with van der Waals surface area (Å²) < 4.78 is 11.0. The Hall–Kier alpha value is -3.13. The third kappa shape index (κ3) is 7.79. The molecule has 154 valence electrons. The van der Waals surface area contributed by atoms with Crippen molar-refractivity contribution in [3.05, 3.63) is 59.7 Å². The van der Waals surface area contributed by atoms with Gasteiger partial charge in [-0.2, -0.15) is 0 Å². The molecule has 2 amide bonds. The minimum atomic E-state index is -0.439. The molecule has 2 rings (SSSR count). The average molecular weight is 416 g/mol. The summed E-state index contributed by atoms with van der Waals surface area (Å²) in [5.74, 6) is 0.198. The van der Waals surface area contributed by atoms with Crippen molar-refractivity contribution in [3.63, 3.8) is 0 Å². The summed E-state index contributed by atoms with van der Waals surface area (Å²) in [5, 5.41) is 2.47. The van der Waals surface area contributed by atoms with Crippen LogP contribution in [0.15, 0.2) is 48.5 Å². The molecule has 0 aliphatic heterocycles. The first-order chi connectivity index (χ1) is 14.0. The second-order valence-corrected chi connectivity index (χ2v) is 6.66. The Morgan fingerprint density at radius 3 is 2.45 bits per heavy atom. The minimum Gasteiger partial charge on any atom is -0.493 e. The second kappa shape index (κ2) is 11.7. The zero-order valence-electron chi connectivity index (χ0n) is 16.5. The number of aryl methyl sites for hydroxylation is 1. The lowest BCUT2D eigenvalue weighted by Crippen LogP contribution is -2.49. The molecule has 0 atom stereocenters. The standard InChI is InChI=1S/C21H25N3O4S/c1-3-4-13-27-18-8-6-5-7-17(18)20(26)22-21(29)24-23-19(25)14-28-16-11-9-15(2)10-12-16/h5-12H,3-4,13-14H2,1-2H3,(H,23,25)(H2,22,24,26,29). The summed E-state index contributed by atoms with van der Waals surface area (Å²) in [6, 6.07) is 14.2. The quantitative estimate of drug-likeness (QED) is 0.349. The Kier molecular flexibility index (Phi) is 8.91. The van der Waals surface area contributed by atoms with E-state index in [2.05, 4.69) is 23.1 Å². The normalized spacial score (nSPS) is 10.0. The third-order valence-electron chi connectivity index (χ3n) is 3.82. The van der Waals surface area contributed by atoms with E-state index in [0.717, 1.165) is 18.4 Å². The number of ether oxygens (including phenoxy) is 2. The smallest absolute Gasteiger partial charge is 0.276 e. The van der Waals surface area contributed by atoms with Gasteiger partial charge < -0.3 is 9.47 Å². The zero-order chi connectivity index (χ0) is 21.1.